The second kappa shape index (κ2) is 7.46. The third kappa shape index (κ3) is 4.62. The van der Waals surface area contributed by atoms with Gasteiger partial charge in [-0.3, -0.25) is 4.79 Å². The molecule has 0 aliphatic rings. The molecule has 0 aliphatic heterocycles. The molecule has 2 aromatic rings. The van der Waals surface area contributed by atoms with Crippen LogP contribution in [-0.4, -0.2) is 5.91 Å². The molecular weight excluding hydrogens is 287 g/mol. The molecule has 0 aromatic heterocycles. The molecule has 0 radical (unpaired) electrons. The van der Waals surface area contributed by atoms with Crippen molar-refractivity contribution in [3.05, 3.63) is 59.9 Å². The number of carbonyl (C=O) groups excluding carboxylic acids is 1. The summed E-state index contributed by atoms with van der Waals surface area (Å²) in [4.78, 5) is 12.4. The number of nitrogens with one attached hydrogen (secondary N) is 1. The van der Waals surface area contributed by atoms with Crippen LogP contribution in [0.25, 0.3) is 0 Å². The number of hydrogen-bond acceptors (Lipinski definition) is 3. The number of thioether (sulfide) groups is 1. The van der Waals surface area contributed by atoms with Gasteiger partial charge < -0.3 is 5.32 Å². The first-order valence-corrected chi connectivity index (χ1v) is 7.30. The molecule has 106 valence electrons. The van der Waals surface area contributed by atoms with Gasteiger partial charge in [0.1, 0.15) is 12.2 Å². The number of carbonyl (C=O) groups is 1. The second-order valence-electron chi connectivity index (χ2n) is 4.29. The molecule has 0 unspecified atom stereocenters. The van der Waals surface area contributed by atoms with Crippen LogP contribution in [0.15, 0.2) is 53.4 Å². The summed E-state index contributed by atoms with van der Waals surface area (Å²) in [6, 6.07) is 15.5. The standard InChI is InChI=1S/C16H13FN2OS/c17-13-7-5-12(6-8-13)11-21-15-4-2-1-3-14(15)19-16(20)9-10-18/h1-8H,9,11H2,(H,19,20). The lowest BCUT2D eigenvalue weighted by molar-refractivity contribution is -0.115. The predicted octanol–water partition coefficient (Wildman–Crippen LogP) is 3.97. The fourth-order valence-corrected chi connectivity index (χ4v) is 2.67. The summed E-state index contributed by atoms with van der Waals surface area (Å²) < 4.78 is 12.8. The van der Waals surface area contributed by atoms with Gasteiger partial charge in [-0.1, -0.05) is 24.3 Å². The van der Waals surface area contributed by atoms with Gasteiger partial charge in [0.15, 0.2) is 0 Å². The minimum Gasteiger partial charge on any atom is -0.324 e. The monoisotopic (exact) mass is 300 g/mol. The number of hydrogen-bond donors (Lipinski definition) is 1. The van der Waals surface area contributed by atoms with E-state index in [2.05, 4.69) is 5.32 Å². The molecule has 0 aliphatic carbocycles. The average Bonchev–Trinajstić information content (AvgIpc) is 2.48. The summed E-state index contributed by atoms with van der Waals surface area (Å²) in [6.07, 6.45) is -0.170. The fraction of sp³-hybridized carbons (Fsp3) is 0.125. The number of nitriles is 1. The normalized spacial score (nSPS) is 9.90. The third-order valence-corrected chi connectivity index (χ3v) is 3.85. The topological polar surface area (TPSA) is 52.9 Å². The molecule has 0 saturated heterocycles. The molecule has 0 spiro atoms. The number of benzene rings is 2. The number of nitrogens with zero attached hydrogens (tertiary/aromatic N) is 1. The Hall–Kier alpha value is -2.32. The fourth-order valence-electron chi connectivity index (χ4n) is 1.70. The van der Waals surface area contributed by atoms with E-state index >= 15 is 0 Å². The lowest BCUT2D eigenvalue weighted by atomic mass is 10.2. The van der Waals surface area contributed by atoms with Gasteiger partial charge in [0.25, 0.3) is 0 Å². The Bertz CT molecular complexity index is 665. The molecule has 0 heterocycles. The van der Waals surface area contributed by atoms with E-state index < -0.39 is 0 Å². The highest BCUT2D eigenvalue weighted by Crippen LogP contribution is 2.29. The summed E-state index contributed by atoms with van der Waals surface area (Å²) in [5.74, 6) is 0.0889. The molecule has 2 rings (SSSR count). The van der Waals surface area contributed by atoms with Gasteiger partial charge in [-0.05, 0) is 29.8 Å². The van der Waals surface area contributed by atoms with Crippen LogP contribution < -0.4 is 5.32 Å². The van der Waals surface area contributed by atoms with E-state index in [1.807, 2.05) is 24.3 Å². The second-order valence-corrected chi connectivity index (χ2v) is 5.31. The third-order valence-electron chi connectivity index (χ3n) is 2.71. The Kier molecular flexibility index (Phi) is 5.35. The summed E-state index contributed by atoms with van der Waals surface area (Å²) in [6.45, 7) is 0. The van der Waals surface area contributed by atoms with Crippen LogP contribution in [0.4, 0.5) is 10.1 Å². The van der Waals surface area contributed by atoms with Gasteiger partial charge >= 0.3 is 0 Å². The molecule has 21 heavy (non-hydrogen) atoms. The molecule has 0 atom stereocenters. The molecule has 1 amide bonds. The van der Waals surface area contributed by atoms with Crippen molar-refractivity contribution in [1.29, 1.82) is 5.26 Å². The van der Waals surface area contributed by atoms with E-state index in [4.69, 9.17) is 5.26 Å². The SMILES string of the molecule is N#CCC(=O)Nc1ccccc1SCc1ccc(F)cc1. The lowest BCUT2D eigenvalue weighted by Gasteiger charge is -2.09. The number of amides is 1. The van der Waals surface area contributed by atoms with Crippen molar-refractivity contribution in [2.24, 2.45) is 0 Å². The van der Waals surface area contributed by atoms with E-state index in [0.29, 0.717) is 11.4 Å². The maximum Gasteiger partial charge on any atom is 0.238 e. The quantitative estimate of drug-likeness (QED) is 0.850. The van der Waals surface area contributed by atoms with Crippen molar-refractivity contribution in [1.82, 2.24) is 0 Å². The highest BCUT2D eigenvalue weighted by Gasteiger charge is 2.07. The van der Waals surface area contributed by atoms with Gasteiger partial charge in [-0.2, -0.15) is 5.26 Å². The Morgan fingerprint density at radius 1 is 1.19 bits per heavy atom. The zero-order valence-electron chi connectivity index (χ0n) is 11.2. The first-order valence-electron chi connectivity index (χ1n) is 6.32. The van der Waals surface area contributed by atoms with Crippen LogP contribution >= 0.6 is 11.8 Å². The average molecular weight is 300 g/mol. The van der Waals surface area contributed by atoms with Crippen LogP contribution in [0.5, 0.6) is 0 Å². The highest BCUT2D eigenvalue weighted by molar-refractivity contribution is 7.98. The van der Waals surface area contributed by atoms with E-state index in [1.165, 1.54) is 12.1 Å². The van der Waals surface area contributed by atoms with Crippen LogP contribution in [0.2, 0.25) is 0 Å². The maximum absolute atomic E-state index is 12.8. The van der Waals surface area contributed by atoms with E-state index in [9.17, 15) is 9.18 Å². The van der Waals surface area contributed by atoms with Crippen LogP contribution in [0.1, 0.15) is 12.0 Å². The summed E-state index contributed by atoms with van der Waals surface area (Å²) in [5, 5.41) is 11.2. The molecule has 0 fully saturated rings. The van der Waals surface area contributed by atoms with Gasteiger partial charge in [-0.25, -0.2) is 4.39 Å². The Labute approximate surface area is 126 Å². The number of para-hydroxylation sites is 1. The zero-order chi connectivity index (χ0) is 15.1. The first-order chi connectivity index (χ1) is 10.2. The van der Waals surface area contributed by atoms with Crippen molar-refractivity contribution >= 4 is 23.4 Å². The molecular formula is C16H13FN2OS. The van der Waals surface area contributed by atoms with Gasteiger partial charge in [0.2, 0.25) is 5.91 Å². The molecule has 0 saturated carbocycles. The first kappa shape index (κ1) is 15.1. The van der Waals surface area contributed by atoms with Crippen molar-refractivity contribution in [3.8, 4) is 6.07 Å². The Morgan fingerprint density at radius 2 is 1.90 bits per heavy atom. The predicted molar refractivity (Wildman–Crippen MR) is 81.3 cm³/mol. The van der Waals surface area contributed by atoms with Gasteiger partial charge in [0, 0.05) is 10.6 Å². The van der Waals surface area contributed by atoms with Crippen molar-refractivity contribution in [3.63, 3.8) is 0 Å². The Morgan fingerprint density at radius 3 is 2.62 bits per heavy atom. The van der Waals surface area contributed by atoms with Crippen LogP contribution in [-0.2, 0) is 10.5 Å². The van der Waals surface area contributed by atoms with E-state index in [-0.39, 0.29) is 18.1 Å². The van der Waals surface area contributed by atoms with Gasteiger partial charge in [-0.15, -0.1) is 11.8 Å². The minimum absolute atomic E-state index is 0.170. The largest absolute Gasteiger partial charge is 0.324 e. The van der Waals surface area contributed by atoms with Gasteiger partial charge in [0.05, 0.1) is 11.8 Å². The number of halogens is 1. The zero-order valence-corrected chi connectivity index (χ0v) is 12.0. The lowest BCUT2D eigenvalue weighted by Crippen LogP contribution is -2.10. The van der Waals surface area contributed by atoms with Crippen molar-refractivity contribution in [2.75, 3.05) is 5.32 Å². The Balaban J connectivity index is 2.04. The van der Waals surface area contributed by atoms with Crippen molar-refractivity contribution < 1.29 is 9.18 Å². The van der Waals surface area contributed by atoms with E-state index in [0.717, 1.165) is 10.5 Å². The minimum atomic E-state index is -0.327. The summed E-state index contributed by atoms with van der Waals surface area (Å²) in [5.41, 5.74) is 1.68. The van der Waals surface area contributed by atoms with Crippen LogP contribution in [0, 0.1) is 17.1 Å². The van der Waals surface area contributed by atoms with Crippen molar-refractivity contribution in [2.45, 2.75) is 17.1 Å². The number of anilines is 1. The maximum atomic E-state index is 12.8. The molecule has 3 nitrogen and oxygen atoms in total. The van der Waals surface area contributed by atoms with E-state index in [1.54, 1.807) is 30.0 Å². The number of rotatable bonds is 5. The molecule has 5 heteroatoms. The summed E-state index contributed by atoms with van der Waals surface area (Å²) >= 11 is 1.55. The molecule has 0 bridgehead atoms. The van der Waals surface area contributed by atoms with Crippen LogP contribution in [0.3, 0.4) is 0 Å². The molecule has 1 N–H and O–H groups in total. The molecule has 2 aromatic carbocycles. The summed E-state index contributed by atoms with van der Waals surface area (Å²) in [7, 11) is 0. The smallest absolute Gasteiger partial charge is 0.238 e. The highest BCUT2D eigenvalue weighted by atomic mass is 32.2.